The number of benzene rings is 1. The number of carbonyl (C=O) groups excluding carboxylic acids is 1. The van der Waals surface area contributed by atoms with Gasteiger partial charge in [-0.05, 0) is 18.9 Å². The van der Waals surface area contributed by atoms with Crippen molar-refractivity contribution in [3.05, 3.63) is 35.4 Å². The van der Waals surface area contributed by atoms with Crippen molar-refractivity contribution in [2.24, 2.45) is 5.73 Å². The van der Waals surface area contributed by atoms with Crippen LogP contribution in [0.1, 0.15) is 22.8 Å². The summed E-state index contributed by atoms with van der Waals surface area (Å²) in [7, 11) is 0. The molecule has 0 radical (unpaired) electrons. The molecule has 1 aromatic carbocycles. The molecule has 0 amide bonds. The third kappa shape index (κ3) is 3.80. The van der Waals surface area contributed by atoms with Gasteiger partial charge in [-0.15, -0.1) is 0 Å². The van der Waals surface area contributed by atoms with Crippen LogP contribution in [0.25, 0.3) is 0 Å². The molecule has 1 aromatic rings. The van der Waals surface area contributed by atoms with Crippen LogP contribution in [0.2, 0.25) is 0 Å². The van der Waals surface area contributed by atoms with Gasteiger partial charge in [-0.3, -0.25) is 9.59 Å². The predicted molar refractivity (Wildman–Crippen MR) is 60.8 cm³/mol. The van der Waals surface area contributed by atoms with E-state index in [0.29, 0.717) is 5.56 Å². The molecule has 0 aromatic heterocycles. The van der Waals surface area contributed by atoms with Gasteiger partial charge in [-0.25, -0.2) is 0 Å². The van der Waals surface area contributed by atoms with Gasteiger partial charge in [0, 0.05) is 5.56 Å². The van der Waals surface area contributed by atoms with Crippen molar-refractivity contribution in [3.63, 3.8) is 0 Å². The number of hydrogen-bond donors (Lipinski definition) is 3. The highest BCUT2D eigenvalue weighted by Gasteiger charge is 2.11. The second-order valence-electron chi connectivity index (χ2n) is 3.40. The lowest BCUT2D eigenvalue weighted by atomic mass is 10.0. The molecule has 0 bridgehead atoms. The number of carbonyl (C=O) groups is 2. The van der Waals surface area contributed by atoms with Gasteiger partial charge in [0.2, 0.25) is 0 Å². The van der Waals surface area contributed by atoms with Gasteiger partial charge < -0.3 is 17.0 Å². The zero-order valence-corrected chi connectivity index (χ0v) is 9.14. The van der Waals surface area contributed by atoms with Crippen LogP contribution in [0.3, 0.4) is 0 Å². The molecule has 0 aliphatic rings. The normalized spacial score (nSPS) is 11.4. The van der Waals surface area contributed by atoms with Crippen LogP contribution in [0.5, 0.6) is 0 Å². The first kappa shape index (κ1) is 14.3. The Kier molecular flexibility index (Phi) is 5.35. The Morgan fingerprint density at radius 1 is 1.31 bits per heavy atom. The maximum Gasteiger partial charge on any atom is 0.320 e. The quantitative estimate of drug-likeness (QED) is 0.660. The first-order chi connectivity index (χ1) is 7.00. The Balaban J connectivity index is 0.00000225. The standard InChI is InChI=1S/C11H13NO3.H3N/c1-7(13)9-4-2-8(3-5-9)6-10(12)11(14)15;/h2-5,10H,6,12H2,1H3,(H,14,15);1H3. The number of Topliss-reactive ketones (excluding diaryl/α,β-unsaturated/α-hetero) is 1. The summed E-state index contributed by atoms with van der Waals surface area (Å²) in [6, 6.07) is 5.89. The molecule has 6 N–H and O–H groups in total. The third-order valence-corrected chi connectivity index (χ3v) is 2.13. The molecule has 0 aliphatic carbocycles. The van der Waals surface area contributed by atoms with Crippen molar-refractivity contribution in [1.29, 1.82) is 0 Å². The first-order valence-electron chi connectivity index (χ1n) is 4.59. The van der Waals surface area contributed by atoms with E-state index in [1.54, 1.807) is 24.3 Å². The van der Waals surface area contributed by atoms with E-state index in [1.165, 1.54) is 6.92 Å². The van der Waals surface area contributed by atoms with Gasteiger partial charge >= 0.3 is 5.97 Å². The van der Waals surface area contributed by atoms with E-state index in [9.17, 15) is 9.59 Å². The number of hydrogen-bond acceptors (Lipinski definition) is 4. The zero-order chi connectivity index (χ0) is 11.4. The van der Waals surface area contributed by atoms with Gasteiger partial charge in [-0.2, -0.15) is 0 Å². The summed E-state index contributed by atoms with van der Waals surface area (Å²) >= 11 is 0. The molecular weight excluding hydrogens is 208 g/mol. The molecule has 1 atom stereocenters. The Labute approximate surface area is 93.8 Å². The monoisotopic (exact) mass is 224 g/mol. The summed E-state index contributed by atoms with van der Waals surface area (Å²) in [6.45, 7) is 1.48. The molecule has 5 nitrogen and oxygen atoms in total. The van der Waals surface area contributed by atoms with E-state index in [1.807, 2.05) is 0 Å². The molecule has 5 heteroatoms. The van der Waals surface area contributed by atoms with E-state index >= 15 is 0 Å². The number of aliphatic carboxylic acids is 1. The van der Waals surface area contributed by atoms with Crippen LogP contribution in [0.4, 0.5) is 0 Å². The largest absolute Gasteiger partial charge is 0.480 e. The Morgan fingerprint density at radius 3 is 2.19 bits per heavy atom. The summed E-state index contributed by atoms with van der Waals surface area (Å²) in [4.78, 5) is 21.5. The number of rotatable bonds is 4. The first-order valence-corrected chi connectivity index (χ1v) is 4.59. The van der Waals surface area contributed by atoms with E-state index < -0.39 is 12.0 Å². The van der Waals surface area contributed by atoms with Crippen LogP contribution in [-0.4, -0.2) is 22.9 Å². The molecule has 1 rings (SSSR count). The highest BCUT2D eigenvalue weighted by Crippen LogP contribution is 2.07. The molecule has 0 saturated heterocycles. The third-order valence-electron chi connectivity index (χ3n) is 2.13. The van der Waals surface area contributed by atoms with Crippen LogP contribution in [-0.2, 0) is 11.2 Å². The van der Waals surface area contributed by atoms with Gasteiger partial charge in [0.05, 0.1) is 0 Å². The minimum absolute atomic E-state index is 0. The van der Waals surface area contributed by atoms with Crippen molar-refractivity contribution >= 4 is 11.8 Å². The summed E-state index contributed by atoms with van der Waals surface area (Å²) in [5, 5.41) is 8.61. The van der Waals surface area contributed by atoms with E-state index in [-0.39, 0.29) is 18.4 Å². The van der Waals surface area contributed by atoms with Crippen LogP contribution in [0, 0.1) is 0 Å². The minimum Gasteiger partial charge on any atom is -0.480 e. The van der Waals surface area contributed by atoms with Crippen LogP contribution in [0.15, 0.2) is 24.3 Å². The van der Waals surface area contributed by atoms with Crippen molar-refractivity contribution in [2.45, 2.75) is 19.4 Å². The molecule has 1 unspecified atom stereocenters. The number of nitrogens with two attached hydrogens (primary N) is 1. The SMILES string of the molecule is CC(=O)c1ccc(CC(N)C(=O)O)cc1.N. The molecule has 88 valence electrons. The topological polar surface area (TPSA) is 115 Å². The molecule has 0 heterocycles. The average molecular weight is 224 g/mol. The number of ketones is 1. The summed E-state index contributed by atoms with van der Waals surface area (Å²) in [6.07, 6.45) is 0.271. The fraction of sp³-hybridized carbons (Fsp3) is 0.273. The highest BCUT2D eigenvalue weighted by molar-refractivity contribution is 5.94. The van der Waals surface area contributed by atoms with E-state index in [0.717, 1.165) is 5.56 Å². The van der Waals surface area contributed by atoms with Crippen molar-refractivity contribution in [3.8, 4) is 0 Å². The Morgan fingerprint density at radius 2 is 1.81 bits per heavy atom. The van der Waals surface area contributed by atoms with Crippen LogP contribution < -0.4 is 11.9 Å². The van der Waals surface area contributed by atoms with Gasteiger partial charge in [0.1, 0.15) is 6.04 Å². The second kappa shape index (κ2) is 5.99. The maximum atomic E-state index is 11.0. The number of carboxylic acids is 1. The fourth-order valence-electron chi connectivity index (χ4n) is 1.22. The van der Waals surface area contributed by atoms with Crippen molar-refractivity contribution in [2.75, 3.05) is 0 Å². The zero-order valence-electron chi connectivity index (χ0n) is 9.14. The predicted octanol–water partition coefficient (Wildman–Crippen LogP) is 1.01. The molecule has 16 heavy (non-hydrogen) atoms. The van der Waals surface area contributed by atoms with Gasteiger partial charge in [-0.1, -0.05) is 24.3 Å². The minimum atomic E-state index is -1.02. The number of carboxylic acid groups (broad SMARTS) is 1. The fourth-order valence-corrected chi connectivity index (χ4v) is 1.22. The lowest BCUT2D eigenvalue weighted by molar-refractivity contribution is -0.138. The summed E-state index contributed by atoms with van der Waals surface area (Å²) in [5.41, 5.74) is 6.81. The Bertz CT molecular complexity index is 373. The maximum absolute atomic E-state index is 11.0. The van der Waals surface area contributed by atoms with E-state index in [4.69, 9.17) is 10.8 Å². The molecular formula is C11H16N2O3. The lowest BCUT2D eigenvalue weighted by Crippen LogP contribution is -2.32. The second-order valence-corrected chi connectivity index (χ2v) is 3.40. The van der Waals surface area contributed by atoms with Crippen LogP contribution >= 0.6 is 0 Å². The van der Waals surface area contributed by atoms with E-state index in [2.05, 4.69) is 0 Å². The summed E-state index contributed by atoms with van der Waals surface area (Å²) in [5.74, 6) is -1.03. The highest BCUT2D eigenvalue weighted by atomic mass is 16.4. The van der Waals surface area contributed by atoms with Crippen molar-refractivity contribution in [1.82, 2.24) is 6.15 Å². The lowest BCUT2D eigenvalue weighted by Gasteiger charge is -2.06. The van der Waals surface area contributed by atoms with Gasteiger partial charge in [0.25, 0.3) is 0 Å². The molecule has 0 aliphatic heterocycles. The molecule has 0 saturated carbocycles. The average Bonchev–Trinajstić information content (AvgIpc) is 2.18. The Hall–Kier alpha value is -1.72. The summed E-state index contributed by atoms with van der Waals surface area (Å²) < 4.78 is 0. The van der Waals surface area contributed by atoms with Crippen molar-refractivity contribution < 1.29 is 14.7 Å². The smallest absolute Gasteiger partial charge is 0.320 e. The molecule has 0 spiro atoms. The molecule has 0 fully saturated rings. The van der Waals surface area contributed by atoms with Gasteiger partial charge in [0.15, 0.2) is 5.78 Å².